The van der Waals surface area contributed by atoms with E-state index in [0.717, 1.165) is 19.5 Å². The van der Waals surface area contributed by atoms with Gasteiger partial charge >= 0.3 is 0 Å². The smallest absolute Gasteiger partial charge is 0.273 e. The van der Waals surface area contributed by atoms with Crippen molar-refractivity contribution in [3.63, 3.8) is 0 Å². The number of benzene rings is 2. The van der Waals surface area contributed by atoms with Crippen LogP contribution in [0.25, 0.3) is 0 Å². The van der Waals surface area contributed by atoms with Crippen LogP contribution in [0.15, 0.2) is 48.5 Å². The Labute approximate surface area is 123 Å². The van der Waals surface area contributed by atoms with E-state index in [0.29, 0.717) is 11.5 Å². The first-order valence-corrected chi connectivity index (χ1v) is 6.91. The van der Waals surface area contributed by atoms with Gasteiger partial charge in [-0.15, -0.1) is 0 Å². The minimum Gasteiger partial charge on any atom is -0.457 e. The van der Waals surface area contributed by atoms with Crippen molar-refractivity contribution in [1.29, 1.82) is 0 Å². The summed E-state index contributed by atoms with van der Waals surface area (Å²) in [5.74, 6) is 1.12. The Balaban J connectivity index is 1.99. The molecule has 110 valence electrons. The molecule has 0 aliphatic heterocycles. The molecule has 1 N–H and O–H groups in total. The largest absolute Gasteiger partial charge is 0.457 e. The third kappa shape index (κ3) is 4.57. The Morgan fingerprint density at radius 2 is 1.90 bits per heavy atom. The van der Waals surface area contributed by atoms with Crippen LogP contribution >= 0.6 is 0 Å². The number of nitro benzene ring substituents is 1. The van der Waals surface area contributed by atoms with E-state index in [-0.39, 0.29) is 5.69 Å². The molecule has 21 heavy (non-hydrogen) atoms. The van der Waals surface area contributed by atoms with Gasteiger partial charge in [-0.25, -0.2) is 0 Å². The van der Waals surface area contributed by atoms with Gasteiger partial charge in [0.25, 0.3) is 5.69 Å². The Morgan fingerprint density at radius 3 is 2.57 bits per heavy atom. The number of nitro groups is 1. The van der Waals surface area contributed by atoms with Crippen molar-refractivity contribution >= 4 is 5.69 Å². The molecule has 0 spiro atoms. The zero-order valence-electron chi connectivity index (χ0n) is 11.9. The maximum atomic E-state index is 10.7. The second-order valence-corrected chi connectivity index (χ2v) is 4.68. The topological polar surface area (TPSA) is 64.4 Å². The maximum absolute atomic E-state index is 10.7. The maximum Gasteiger partial charge on any atom is 0.273 e. The second kappa shape index (κ2) is 7.40. The van der Waals surface area contributed by atoms with Crippen LogP contribution in [0, 0.1) is 10.1 Å². The fourth-order valence-electron chi connectivity index (χ4n) is 1.88. The molecule has 2 aromatic rings. The van der Waals surface area contributed by atoms with Gasteiger partial charge in [0.05, 0.1) is 11.0 Å². The Kier molecular flexibility index (Phi) is 5.29. The normalized spacial score (nSPS) is 10.3. The molecule has 0 aromatic heterocycles. The van der Waals surface area contributed by atoms with Crippen molar-refractivity contribution in [3.05, 3.63) is 64.2 Å². The third-order valence-electron chi connectivity index (χ3n) is 2.94. The van der Waals surface area contributed by atoms with Crippen LogP contribution in [0.2, 0.25) is 0 Å². The molecule has 0 unspecified atom stereocenters. The summed E-state index contributed by atoms with van der Waals surface area (Å²) in [4.78, 5) is 10.3. The van der Waals surface area contributed by atoms with Crippen molar-refractivity contribution < 1.29 is 9.66 Å². The zero-order valence-corrected chi connectivity index (χ0v) is 11.9. The number of nitrogens with zero attached hydrogens (tertiary/aromatic N) is 1. The van der Waals surface area contributed by atoms with Crippen molar-refractivity contribution in [1.82, 2.24) is 5.32 Å². The fourth-order valence-corrected chi connectivity index (χ4v) is 1.88. The monoisotopic (exact) mass is 286 g/mol. The molecule has 5 heteroatoms. The number of ether oxygens (including phenoxy) is 1. The summed E-state index contributed by atoms with van der Waals surface area (Å²) in [6, 6.07) is 13.8. The van der Waals surface area contributed by atoms with Gasteiger partial charge in [0.2, 0.25) is 0 Å². The van der Waals surface area contributed by atoms with Gasteiger partial charge in [-0.3, -0.25) is 10.1 Å². The molecule has 0 fully saturated rings. The van der Waals surface area contributed by atoms with E-state index in [9.17, 15) is 10.1 Å². The molecule has 2 aromatic carbocycles. The average Bonchev–Trinajstić information content (AvgIpc) is 2.49. The Bertz CT molecular complexity index is 597. The van der Waals surface area contributed by atoms with Gasteiger partial charge in [-0.1, -0.05) is 25.1 Å². The number of hydrogen-bond acceptors (Lipinski definition) is 4. The molecular weight excluding hydrogens is 268 g/mol. The fraction of sp³-hybridized carbons (Fsp3) is 0.250. The van der Waals surface area contributed by atoms with Crippen LogP contribution < -0.4 is 10.1 Å². The first kappa shape index (κ1) is 15.0. The molecule has 0 atom stereocenters. The predicted molar refractivity (Wildman–Crippen MR) is 81.6 cm³/mol. The van der Waals surface area contributed by atoms with E-state index in [1.54, 1.807) is 12.1 Å². The molecule has 0 saturated heterocycles. The summed E-state index contributed by atoms with van der Waals surface area (Å²) < 4.78 is 5.62. The van der Waals surface area contributed by atoms with Crippen molar-refractivity contribution in [2.45, 2.75) is 19.9 Å². The lowest BCUT2D eigenvalue weighted by Gasteiger charge is -2.07. The highest BCUT2D eigenvalue weighted by molar-refractivity contribution is 5.40. The molecule has 0 radical (unpaired) electrons. The first-order valence-electron chi connectivity index (χ1n) is 6.91. The molecule has 0 heterocycles. The van der Waals surface area contributed by atoms with Crippen LogP contribution in [-0.4, -0.2) is 11.5 Å². The zero-order chi connectivity index (χ0) is 15.1. The van der Waals surface area contributed by atoms with Gasteiger partial charge in [0.15, 0.2) is 0 Å². The lowest BCUT2D eigenvalue weighted by molar-refractivity contribution is -0.384. The van der Waals surface area contributed by atoms with Gasteiger partial charge in [0.1, 0.15) is 11.5 Å². The number of rotatable bonds is 7. The quantitative estimate of drug-likeness (QED) is 0.476. The molecule has 0 aliphatic rings. The van der Waals surface area contributed by atoms with E-state index in [4.69, 9.17) is 4.74 Å². The second-order valence-electron chi connectivity index (χ2n) is 4.68. The standard InChI is InChI=1S/C16H18N2O3/c1-2-10-17-12-13-6-8-15(9-7-13)21-16-5-3-4-14(11-16)18(19)20/h3-9,11,17H,2,10,12H2,1H3. The molecule has 0 amide bonds. The summed E-state index contributed by atoms with van der Waals surface area (Å²) in [5, 5.41) is 14.0. The van der Waals surface area contributed by atoms with E-state index in [1.165, 1.54) is 17.7 Å². The lowest BCUT2D eigenvalue weighted by Crippen LogP contribution is -2.13. The van der Waals surface area contributed by atoms with E-state index in [1.807, 2.05) is 24.3 Å². The molecule has 0 saturated carbocycles. The highest BCUT2D eigenvalue weighted by Crippen LogP contribution is 2.25. The summed E-state index contributed by atoms with van der Waals surface area (Å²) in [7, 11) is 0. The highest BCUT2D eigenvalue weighted by atomic mass is 16.6. The van der Waals surface area contributed by atoms with Crippen LogP contribution in [-0.2, 0) is 6.54 Å². The third-order valence-corrected chi connectivity index (χ3v) is 2.94. The van der Waals surface area contributed by atoms with Gasteiger partial charge in [0, 0.05) is 12.6 Å². The van der Waals surface area contributed by atoms with Gasteiger partial charge < -0.3 is 10.1 Å². The highest BCUT2D eigenvalue weighted by Gasteiger charge is 2.06. The number of non-ortho nitro benzene ring substituents is 1. The SMILES string of the molecule is CCCNCc1ccc(Oc2cccc([N+](=O)[O-])c2)cc1. The molecule has 2 rings (SSSR count). The molecule has 5 nitrogen and oxygen atoms in total. The van der Waals surface area contributed by atoms with Crippen molar-refractivity contribution in [2.75, 3.05) is 6.54 Å². The minimum absolute atomic E-state index is 0.0212. The van der Waals surface area contributed by atoms with Crippen molar-refractivity contribution in [2.24, 2.45) is 0 Å². The summed E-state index contributed by atoms with van der Waals surface area (Å²) >= 11 is 0. The Hall–Kier alpha value is -2.40. The molecule has 0 bridgehead atoms. The minimum atomic E-state index is -0.435. The van der Waals surface area contributed by atoms with Crippen LogP contribution in [0.4, 0.5) is 5.69 Å². The summed E-state index contributed by atoms with van der Waals surface area (Å²) in [6.07, 6.45) is 1.11. The molecular formula is C16H18N2O3. The van der Waals surface area contributed by atoms with E-state index < -0.39 is 4.92 Å². The van der Waals surface area contributed by atoms with Crippen LogP contribution in [0.1, 0.15) is 18.9 Å². The van der Waals surface area contributed by atoms with Gasteiger partial charge in [-0.05, 0) is 36.7 Å². The Morgan fingerprint density at radius 1 is 1.14 bits per heavy atom. The van der Waals surface area contributed by atoms with E-state index >= 15 is 0 Å². The number of nitrogens with one attached hydrogen (secondary N) is 1. The summed E-state index contributed by atoms with van der Waals surface area (Å²) in [5.41, 5.74) is 1.20. The van der Waals surface area contributed by atoms with Crippen LogP contribution in [0.5, 0.6) is 11.5 Å². The van der Waals surface area contributed by atoms with E-state index in [2.05, 4.69) is 12.2 Å². The first-order chi connectivity index (χ1) is 10.2. The van der Waals surface area contributed by atoms with Crippen LogP contribution in [0.3, 0.4) is 0 Å². The van der Waals surface area contributed by atoms with Gasteiger partial charge in [-0.2, -0.15) is 0 Å². The summed E-state index contributed by atoms with van der Waals surface area (Å²) in [6.45, 7) is 3.94. The van der Waals surface area contributed by atoms with Crippen molar-refractivity contribution in [3.8, 4) is 11.5 Å². The average molecular weight is 286 g/mol. The molecule has 0 aliphatic carbocycles. The number of hydrogen-bond donors (Lipinski definition) is 1. The lowest BCUT2D eigenvalue weighted by atomic mass is 10.2. The predicted octanol–water partition coefficient (Wildman–Crippen LogP) is 3.89.